The molecule has 3 rings (SSSR count). The number of pyridine rings is 1. The van der Waals surface area contributed by atoms with E-state index in [1.165, 1.54) is 0 Å². The Morgan fingerprint density at radius 2 is 2.04 bits per heavy atom. The van der Waals surface area contributed by atoms with E-state index in [2.05, 4.69) is 9.97 Å². The summed E-state index contributed by atoms with van der Waals surface area (Å²) < 4.78 is 0. The molecule has 5 heteroatoms. The van der Waals surface area contributed by atoms with Crippen LogP contribution >= 0.6 is 0 Å². The van der Waals surface area contributed by atoms with Crippen molar-refractivity contribution in [3.8, 4) is 11.1 Å². The van der Waals surface area contributed by atoms with Gasteiger partial charge in [-0.15, -0.1) is 0 Å². The maximum atomic E-state index is 12.4. The van der Waals surface area contributed by atoms with Crippen LogP contribution in [0.5, 0.6) is 0 Å². The van der Waals surface area contributed by atoms with E-state index in [9.17, 15) is 4.79 Å². The van der Waals surface area contributed by atoms with Gasteiger partial charge in [0.15, 0.2) is 0 Å². The lowest BCUT2D eigenvalue weighted by Gasteiger charge is -2.34. The Bertz CT molecular complexity index is 715. The van der Waals surface area contributed by atoms with E-state index in [1.807, 2.05) is 44.0 Å². The van der Waals surface area contributed by atoms with Crippen LogP contribution in [-0.2, 0) is 4.79 Å². The highest BCUT2D eigenvalue weighted by Gasteiger charge is 2.28. The SMILES string of the molecule is Cc1ncc(-c2ccncc2)c([C@@H]2CCCN(C(=O)C(C)C)C2)n1. The molecule has 1 aliphatic heterocycles. The van der Waals surface area contributed by atoms with Crippen molar-refractivity contribution in [2.45, 2.75) is 39.5 Å². The van der Waals surface area contributed by atoms with Gasteiger partial charge in [0.25, 0.3) is 0 Å². The third-order valence-electron chi connectivity index (χ3n) is 4.54. The molecule has 0 bridgehead atoms. The topological polar surface area (TPSA) is 59.0 Å². The Kier molecular flexibility index (Phi) is 4.88. The van der Waals surface area contributed by atoms with Gasteiger partial charge in [-0.3, -0.25) is 9.78 Å². The number of aromatic nitrogens is 3. The Morgan fingerprint density at radius 3 is 2.75 bits per heavy atom. The molecule has 0 spiro atoms. The molecule has 0 saturated carbocycles. The van der Waals surface area contributed by atoms with E-state index >= 15 is 0 Å². The van der Waals surface area contributed by atoms with Crippen molar-refractivity contribution >= 4 is 5.91 Å². The van der Waals surface area contributed by atoms with Crippen LogP contribution in [0, 0.1) is 12.8 Å². The van der Waals surface area contributed by atoms with Crippen molar-refractivity contribution in [1.82, 2.24) is 19.9 Å². The molecule has 0 aliphatic carbocycles. The van der Waals surface area contributed by atoms with Crippen molar-refractivity contribution in [2.75, 3.05) is 13.1 Å². The van der Waals surface area contributed by atoms with Gasteiger partial charge in [-0.1, -0.05) is 13.8 Å². The van der Waals surface area contributed by atoms with Gasteiger partial charge in [0.1, 0.15) is 5.82 Å². The van der Waals surface area contributed by atoms with Crippen molar-refractivity contribution < 1.29 is 4.79 Å². The summed E-state index contributed by atoms with van der Waals surface area (Å²) in [4.78, 5) is 27.6. The number of hydrogen-bond donors (Lipinski definition) is 0. The minimum absolute atomic E-state index is 0.0375. The zero-order chi connectivity index (χ0) is 17.1. The summed E-state index contributed by atoms with van der Waals surface area (Å²) in [5.74, 6) is 1.30. The second-order valence-corrected chi connectivity index (χ2v) is 6.73. The third kappa shape index (κ3) is 3.45. The van der Waals surface area contributed by atoms with Gasteiger partial charge in [0.2, 0.25) is 5.91 Å². The van der Waals surface area contributed by atoms with E-state index in [-0.39, 0.29) is 17.7 Å². The highest BCUT2D eigenvalue weighted by molar-refractivity contribution is 5.78. The highest BCUT2D eigenvalue weighted by Crippen LogP contribution is 2.33. The number of amides is 1. The summed E-state index contributed by atoms with van der Waals surface area (Å²) in [6, 6.07) is 3.97. The molecule has 24 heavy (non-hydrogen) atoms. The molecule has 126 valence electrons. The van der Waals surface area contributed by atoms with E-state index in [4.69, 9.17) is 4.98 Å². The van der Waals surface area contributed by atoms with Gasteiger partial charge in [-0.25, -0.2) is 9.97 Å². The van der Waals surface area contributed by atoms with Gasteiger partial charge in [-0.2, -0.15) is 0 Å². The zero-order valence-electron chi connectivity index (χ0n) is 14.6. The average molecular weight is 324 g/mol. The number of nitrogens with zero attached hydrogens (tertiary/aromatic N) is 4. The van der Waals surface area contributed by atoms with Gasteiger partial charge in [0, 0.05) is 49.1 Å². The Labute approximate surface area is 143 Å². The predicted octanol–water partition coefficient (Wildman–Crippen LogP) is 3.21. The molecule has 1 aliphatic rings. The Balaban J connectivity index is 1.94. The molecule has 2 aromatic rings. The lowest BCUT2D eigenvalue weighted by atomic mass is 9.89. The molecule has 0 N–H and O–H groups in total. The largest absolute Gasteiger partial charge is 0.342 e. The average Bonchev–Trinajstić information content (AvgIpc) is 2.61. The fourth-order valence-corrected chi connectivity index (χ4v) is 3.32. The number of likely N-dealkylation sites (tertiary alicyclic amines) is 1. The van der Waals surface area contributed by atoms with Crippen molar-refractivity contribution in [1.29, 1.82) is 0 Å². The highest BCUT2D eigenvalue weighted by atomic mass is 16.2. The molecule has 0 unspecified atom stereocenters. The maximum Gasteiger partial charge on any atom is 0.225 e. The van der Waals surface area contributed by atoms with Crippen LogP contribution in [0.4, 0.5) is 0 Å². The van der Waals surface area contributed by atoms with Crippen LogP contribution in [0.25, 0.3) is 11.1 Å². The molecular weight excluding hydrogens is 300 g/mol. The van der Waals surface area contributed by atoms with Crippen molar-refractivity contribution in [3.05, 3.63) is 42.2 Å². The van der Waals surface area contributed by atoms with Gasteiger partial charge in [0.05, 0.1) is 5.69 Å². The summed E-state index contributed by atoms with van der Waals surface area (Å²) in [7, 11) is 0. The Morgan fingerprint density at radius 1 is 1.29 bits per heavy atom. The van der Waals surface area contributed by atoms with Crippen LogP contribution in [0.3, 0.4) is 0 Å². The van der Waals surface area contributed by atoms with Gasteiger partial charge in [-0.05, 0) is 37.5 Å². The van der Waals surface area contributed by atoms with Crippen LogP contribution in [-0.4, -0.2) is 38.8 Å². The molecule has 1 atom stereocenters. The number of carbonyl (C=O) groups excluding carboxylic acids is 1. The summed E-state index contributed by atoms with van der Waals surface area (Å²) in [5.41, 5.74) is 3.18. The summed E-state index contributed by atoms with van der Waals surface area (Å²) >= 11 is 0. The van der Waals surface area contributed by atoms with Gasteiger partial charge < -0.3 is 4.90 Å². The van der Waals surface area contributed by atoms with Crippen molar-refractivity contribution in [2.24, 2.45) is 5.92 Å². The first kappa shape index (κ1) is 16.6. The van der Waals surface area contributed by atoms with Crippen LogP contribution in [0.15, 0.2) is 30.7 Å². The standard InChI is InChI=1S/C19H24N4O/c1-13(2)19(24)23-10-4-5-16(12-23)18-17(11-21-14(3)22-18)15-6-8-20-9-7-15/h6-9,11,13,16H,4-5,10,12H2,1-3H3/t16-/m1/s1. The van der Waals surface area contributed by atoms with E-state index in [0.29, 0.717) is 0 Å². The molecule has 5 nitrogen and oxygen atoms in total. The summed E-state index contributed by atoms with van der Waals surface area (Å²) in [5, 5.41) is 0. The molecule has 0 radical (unpaired) electrons. The molecule has 2 aromatic heterocycles. The van der Waals surface area contributed by atoms with E-state index in [0.717, 1.165) is 48.6 Å². The number of hydrogen-bond acceptors (Lipinski definition) is 4. The fraction of sp³-hybridized carbons (Fsp3) is 0.474. The first-order valence-electron chi connectivity index (χ1n) is 8.59. The summed E-state index contributed by atoms with van der Waals surface area (Å²) in [6.07, 6.45) is 7.54. The number of piperidine rings is 1. The molecule has 1 saturated heterocycles. The van der Waals surface area contributed by atoms with Crippen LogP contribution < -0.4 is 0 Å². The number of aryl methyl sites for hydroxylation is 1. The fourth-order valence-electron chi connectivity index (χ4n) is 3.32. The molecule has 1 amide bonds. The normalized spacial score (nSPS) is 18.0. The van der Waals surface area contributed by atoms with E-state index < -0.39 is 0 Å². The summed E-state index contributed by atoms with van der Waals surface area (Å²) in [6.45, 7) is 7.43. The second kappa shape index (κ2) is 7.07. The molecule has 0 aromatic carbocycles. The first-order valence-corrected chi connectivity index (χ1v) is 8.59. The monoisotopic (exact) mass is 324 g/mol. The smallest absolute Gasteiger partial charge is 0.225 e. The first-order chi connectivity index (χ1) is 11.6. The Hall–Kier alpha value is -2.30. The molecule has 1 fully saturated rings. The zero-order valence-corrected chi connectivity index (χ0v) is 14.6. The lowest BCUT2D eigenvalue weighted by molar-refractivity contribution is -0.135. The predicted molar refractivity (Wildman–Crippen MR) is 93.4 cm³/mol. The minimum atomic E-state index is 0.0375. The van der Waals surface area contributed by atoms with E-state index in [1.54, 1.807) is 12.4 Å². The van der Waals surface area contributed by atoms with Crippen LogP contribution in [0.1, 0.15) is 44.1 Å². The van der Waals surface area contributed by atoms with Crippen LogP contribution in [0.2, 0.25) is 0 Å². The molecular formula is C19H24N4O. The maximum absolute atomic E-state index is 12.4. The molecule has 3 heterocycles. The lowest BCUT2D eigenvalue weighted by Crippen LogP contribution is -2.41. The third-order valence-corrected chi connectivity index (χ3v) is 4.54. The number of rotatable bonds is 3. The minimum Gasteiger partial charge on any atom is -0.342 e. The second-order valence-electron chi connectivity index (χ2n) is 6.73. The quantitative estimate of drug-likeness (QED) is 0.870. The van der Waals surface area contributed by atoms with Crippen molar-refractivity contribution in [3.63, 3.8) is 0 Å². The van der Waals surface area contributed by atoms with Gasteiger partial charge >= 0.3 is 0 Å². The number of carbonyl (C=O) groups is 1.